The number of hydrogen-bond donors (Lipinski definition) is 1. The quantitative estimate of drug-likeness (QED) is 0.848. The number of rotatable bonds is 5. The van der Waals surface area contributed by atoms with Crippen LogP contribution in [-0.4, -0.2) is 30.3 Å². The highest BCUT2D eigenvalue weighted by Gasteiger charge is 2.23. The van der Waals surface area contributed by atoms with Gasteiger partial charge in [-0.3, -0.25) is 4.98 Å². The zero-order valence-electron chi connectivity index (χ0n) is 10.6. The van der Waals surface area contributed by atoms with Gasteiger partial charge in [-0.25, -0.2) is 0 Å². The van der Waals surface area contributed by atoms with Gasteiger partial charge >= 0.3 is 0 Å². The molecule has 3 nitrogen and oxygen atoms in total. The lowest BCUT2D eigenvalue weighted by atomic mass is 9.96. The van der Waals surface area contributed by atoms with Crippen LogP contribution < -0.4 is 5.32 Å². The van der Waals surface area contributed by atoms with Crippen LogP contribution in [0, 0.1) is 0 Å². The van der Waals surface area contributed by atoms with Crippen molar-refractivity contribution in [1.82, 2.24) is 10.3 Å². The van der Waals surface area contributed by atoms with Gasteiger partial charge in [0.15, 0.2) is 0 Å². The van der Waals surface area contributed by atoms with Crippen LogP contribution >= 0.6 is 0 Å². The predicted molar refractivity (Wildman–Crippen MR) is 69.0 cm³/mol. The summed E-state index contributed by atoms with van der Waals surface area (Å²) < 4.78 is 5.88. The lowest BCUT2D eigenvalue weighted by Crippen LogP contribution is -2.44. The summed E-state index contributed by atoms with van der Waals surface area (Å²) >= 11 is 0. The minimum Gasteiger partial charge on any atom is -0.377 e. The van der Waals surface area contributed by atoms with Crippen molar-refractivity contribution in [2.45, 2.75) is 44.8 Å². The third-order valence-electron chi connectivity index (χ3n) is 3.31. The van der Waals surface area contributed by atoms with Crippen molar-refractivity contribution in [2.75, 3.05) is 13.2 Å². The van der Waals surface area contributed by atoms with Crippen molar-refractivity contribution < 1.29 is 4.74 Å². The molecule has 0 bridgehead atoms. The molecule has 1 aliphatic heterocycles. The van der Waals surface area contributed by atoms with E-state index in [2.05, 4.69) is 23.3 Å². The van der Waals surface area contributed by atoms with Gasteiger partial charge in [-0.2, -0.15) is 0 Å². The van der Waals surface area contributed by atoms with E-state index in [1.165, 1.54) is 24.8 Å². The Labute approximate surface area is 104 Å². The lowest BCUT2D eigenvalue weighted by molar-refractivity contribution is -0.00710. The van der Waals surface area contributed by atoms with Gasteiger partial charge in [0.25, 0.3) is 0 Å². The van der Waals surface area contributed by atoms with Crippen LogP contribution in [0.25, 0.3) is 0 Å². The molecule has 0 saturated carbocycles. The average Bonchev–Trinajstić information content (AvgIpc) is 2.40. The molecule has 0 aliphatic carbocycles. The van der Waals surface area contributed by atoms with Crippen LogP contribution in [0.5, 0.6) is 0 Å². The second kappa shape index (κ2) is 6.72. The van der Waals surface area contributed by atoms with Gasteiger partial charge in [-0.1, -0.05) is 13.0 Å². The Bertz CT molecular complexity index is 309. The molecule has 17 heavy (non-hydrogen) atoms. The first kappa shape index (κ1) is 12.5. The predicted octanol–water partition coefficient (Wildman–Crippen LogP) is 2.17. The van der Waals surface area contributed by atoms with Crippen LogP contribution in [0.1, 0.15) is 31.7 Å². The zero-order valence-corrected chi connectivity index (χ0v) is 10.6. The molecular formula is C14H22N2O. The minimum absolute atomic E-state index is 0.365. The van der Waals surface area contributed by atoms with Gasteiger partial charge in [0.1, 0.15) is 0 Å². The summed E-state index contributed by atoms with van der Waals surface area (Å²) in [5.41, 5.74) is 1.28. The van der Waals surface area contributed by atoms with Crippen molar-refractivity contribution in [2.24, 2.45) is 0 Å². The molecule has 2 unspecified atom stereocenters. The number of pyridine rings is 1. The van der Waals surface area contributed by atoms with Crippen LogP contribution in [0.15, 0.2) is 24.5 Å². The van der Waals surface area contributed by atoms with Gasteiger partial charge < -0.3 is 10.1 Å². The standard InChI is InChI=1S/C14H22N2O/c1-2-16-13(14-7-3-4-9-17-14)10-12-6-5-8-15-11-12/h5-6,8,11,13-14,16H,2-4,7,9-10H2,1H3. The molecule has 2 heterocycles. The zero-order chi connectivity index (χ0) is 11.9. The van der Waals surface area contributed by atoms with E-state index >= 15 is 0 Å². The van der Waals surface area contributed by atoms with Crippen LogP contribution in [-0.2, 0) is 11.2 Å². The van der Waals surface area contributed by atoms with E-state index in [1.54, 1.807) is 0 Å². The molecule has 3 heteroatoms. The summed E-state index contributed by atoms with van der Waals surface area (Å²) in [5.74, 6) is 0. The molecule has 1 N–H and O–H groups in total. The van der Waals surface area contributed by atoms with Crippen LogP contribution in [0.4, 0.5) is 0 Å². The molecule has 1 aromatic rings. The number of aromatic nitrogens is 1. The smallest absolute Gasteiger partial charge is 0.0731 e. The van der Waals surface area contributed by atoms with Gasteiger partial charge in [-0.15, -0.1) is 0 Å². The van der Waals surface area contributed by atoms with E-state index in [1.807, 2.05) is 18.5 Å². The first-order valence-corrected chi connectivity index (χ1v) is 6.64. The van der Waals surface area contributed by atoms with Crippen molar-refractivity contribution in [3.8, 4) is 0 Å². The molecule has 1 aliphatic rings. The monoisotopic (exact) mass is 234 g/mol. The summed E-state index contributed by atoms with van der Waals surface area (Å²) in [7, 11) is 0. The largest absolute Gasteiger partial charge is 0.377 e. The second-order valence-corrected chi connectivity index (χ2v) is 4.63. The minimum atomic E-state index is 0.365. The summed E-state index contributed by atoms with van der Waals surface area (Å²) in [6, 6.07) is 4.56. The molecule has 0 aromatic carbocycles. The highest BCUT2D eigenvalue weighted by molar-refractivity contribution is 5.11. The number of ether oxygens (including phenoxy) is 1. The first-order chi connectivity index (χ1) is 8.40. The van der Waals surface area contributed by atoms with Gasteiger partial charge in [0.05, 0.1) is 6.10 Å². The maximum absolute atomic E-state index is 5.88. The van der Waals surface area contributed by atoms with E-state index in [9.17, 15) is 0 Å². The summed E-state index contributed by atoms with van der Waals surface area (Å²) in [5, 5.41) is 3.55. The molecule has 1 fully saturated rings. The normalized spacial score (nSPS) is 22.3. The summed E-state index contributed by atoms with van der Waals surface area (Å²) in [4.78, 5) is 4.17. The van der Waals surface area contributed by atoms with Gasteiger partial charge in [0, 0.05) is 25.0 Å². The second-order valence-electron chi connectivity index (χ2n) is 4.63. The van der Waals surface area contributed by atoms with E-state index in [0.717, 1.165) is 19.6 Å². The van der Waals surface area contributed by atoms with Crippen molar-refractivity contribution in [1.29, 1.82) is 0 Å². The third kappa shape index (κ3) is 3.79. The maximum Gasteiger partial charge on any atom is 0.0731 e. The van der Waals surface area contributed by atoms with Crippen LogP contribution in [0.2, 0.25) is 0 Å². The van der Waals surface area contributed by atoms with Gasteiger partial charge in [-0.05, 0) is 43.9 Å². The summed E-state index contributed by atoms with van der Waals surface area (Å²) in [6.45, 7) is 4.06. The maximum atomic E-state index is 5.88. The SMILES string of the molecule is CCNC(Cc1cccnc1)C1CCCCO1. The fraction of sp³-hybridized carbons (Fsp3) is 0.643. The molecule has 0 spiro atoms. The van der Waals surface area contributed by atoms with E-state index < -0.39 is 0 Å². The van der Waals surface area contributed by atoms with E-state index in [4.69, 9.17) is 4.74 Å². The van der Waals surface area contributed by atoms with Crippen molar-refractivity contribution in [3.05, 3.63) is 30.1 Å². The van der Waals surface area contributed by atoms with E-state index in [0.29, 0.717) is 12.1 Å². The molecule has 0 radical (unpaired) electrons. The highest BCUT2D eigenvalue weighted by atomic mass is 16.5. The third-order valence-corrected chi connectivity index (χ3v) is 3.31. The fourth-order valence-electron chi connectivity index (χ4n) is 2.45. The Morgan fingerprint density at radius 2 is 2.47 bits per heavy atom. The molecule has 2 rings (SSSR count). The first-order valence-electron chi connectivity index (χ1n) is 6.64. The number of nitrogens with zero attached hydrogens (tertiary/aromatic N) is 1. The number of likely N-dealkylation sites (N-methyl/N-ethyl adjacent to an activating group) is 1. The number of hydrogen-bond acceptors (Lipinski definition) is 3. The molecular weight excluding hydrogens is 212 g/mol. The Morgan fingerprint density at radius 1 is 1.53 bits per heavy atom. The summed E-state index contributed by atoms with van der Waals surface area (Å²) in [6.07, 6.45) is 8.83. The van der Waals surface area contributed by atoms with Crippen molar-refractivity contribution in [3.63, 3.8) is 0 Å². The Hall–Kier alpha value is -0.930. The van der Waals surface area contributed by atoms with Crippen LogP contribution in [0.3, 0.4) is 0 Å². The van der Waals surface area contributed by atoms with E-state index in [-0.39, 0.29) is 0 Å². The average molecular weight is 234 g/mol. The lowest BCUT2D eigenvalue weighted by Gasteiger charge is -2.31. The number of nitrogens with one attached hydrogen (secondary N) is 1. The molecule has 0 amide bonds. The molecule has 1 aromatic heterocycles. The highest BCUT2D eigenvalue weighted by Crippen LogP contribution is 2.18. The molecule has 94 valence electrons. The fourth-order valence-corrected chi connectivity index (χ4v) is 2.45. The Balaban J connectivity index is 1.96. The Morgan fingerprint density at radius 3 is 3.12 bits per heavy atom. The molecule has 1 saturated heterocycles. The molecule has 2 atom stereocenters. The Kier molecular flexibility index (Phi) is 4.95. The van der Waals surface area contributed by atoms with Crippen molar-refractivity contribution >= 4 is 0 Å². The van der Waals surface area contributed by atoms with Gasteiger partial charge in [0.2, 0.25) is 0 Å². The topological polar surface area (TPSA) is 34.2 Å².